The van der Waals surface area contributed by atoms with Crippen molar-refractivity contribution in [2.24, 2.45) is 0 Å². The van der Waals surface area contributed by atoms with Crippen LogP contribution >= 0.6 is 0 Å². The first-order valence-corrected chi connectivity index (χ1v) is 7.80. The molecular weight excluding hydrogens is 309 g/mol. The van der Waals surface area contributed by atoms with Crippen LogP contribution in [0.5, 0.6) is 5.75 Å². The number of nitrogens with one attached hydrogen (secondary N) is 1. The quantitative estimate of drug-likeness (QED) is 0.752. The number of amides is 1. The van der Waals surface area contributed by atoms with Gasteiger partial charge in [-0.1, -0.05) is 18.2 Å². The standard InChI is InChI=1S/C19H18FNO3/c1-3-23-16-9-5-6-13-11-17(24-18(13)16)12(2)21-19(22)14-7-4-8-15(20)10-14/h4-12H,3H2,1-2H3,(H,21,22). The van der Waals surface area contributed by atoms with Crippen molar-refractivity contribution in [2.75, 3.05) is 6.61 Å². The number of fused-ring (bicyclic) bond motifs is 1. The zero-order valence-corrected chi connectivity index (χ0v) is 13.5. The first-order chi connectivity index (χ1) is 11.6. The molecule has 1 atom stereocenters. The maximum Gasteiger partial charge on any atom is 0.251 e. The van der Waals surface area contributed by atoms with E-state index in [4.69, 9.17) is 9.15 Å². The monoisotopic (exact) mass is 327 g/mol. The molecule has 24 heavy (non-hydrogen) atoms. The molecule has 0 radical (unpaired) electrons. The molecule has 0 aliphatic rings. The number of carbonyl (C=O) groups excluding carboxylic acids is 1. The number of halogens is 1. The largest absolute Gasteiger partial charge is 0.490 e. The summed E-state index contributed by atoms with van der Waals surface area (Å²) in [4.78, 5) is 12.2. The average molecular weight is 327 g/mol. The molecule has 4 nitrogen and oxygen atoms in total. The van der Waals surface area contributed by atoms with E-state index in [1.807, 2.05) is 38.1 Å². The SMILES string of the molecule is CCOc1cccc2cc(C(C)NC(=O)c3cccc(F)c3)oc12. The lowest BCUT2D eigenvalue weighted by atomic mass is 10.1. The number of furan rings is 1. The van der Waals surface area contributed by atoms with E-state index in [2.05, 4.69) is 5.32 Å². The van der Waals surface area contributed by atoms with Crippen LogP contribution in [0.2, 0.25) is 0 Å². The molecule has 1 unspecified atom stereocenters. The molecule has 0 aliphatic heterocycles. The molecule has 0 aliphatic carbocycles. The van der Waals surface area contributed by atoms with Gasteiger partial charge in [0.15, 0.2) is 11.3 Å². The third kappa shape index (κ3) is 3.25. The lowest BCUT2D eigenvalue weighted by molar-refractivity contribution is 0.0935. The minimum atomic E-state index is -0.444. The van der Waals surface area contributed by atoms with Crippen molar-refractivity contribution in [3.05, 3.63) is 65.7 Å². The second-order valence-corrected chi connectivity index (χ2v) is 5.46. The van der Waals surface area contributed by atoms with Gasteiger partial charge in [0.2, 0.25) is 0 Å². The molecule has 1 heterocycles. The number of benzene rings is 2. The number of hydrogen-bond donors (Lipinski definition) is 1. The van der Waals surface area contributed by atoms with Crippen LogP contribution < -0.4 is 10.1 Å². The summed E-state index contributed by atoms with van der Waals surface area (Å²) in [5.74, 6) is 0.486. The Bertz CT molecular complexity index is 872. The van der Waals surface area contributed by atoms with Gasteiger partial charge in [-0.05, 0) is 44.2 Å². The molecule has 0 spiro atoms. The third-order valence-electron chi connectivity index (χ3n) is 3.69. The second kappa shape index (κ2) is 6.74. The van der Waals surface area contributed by atoms with Gasteiger partial charge in [0, 0.05) is 10.9 Å². The summed E-state index contributed by atoms with van der Waals surface area (Å²) < 4.78 is 24.6. The summed E-state index contributed by atoms with van der Waals surface area (Å²) in [5.41, 5.74) is 0.925. The van der Waals surface area contributed by atoms with Crippen LogP contribution in [0, 0.1) is 5.82 Å². The van der Waals surface area contributed by atoms with E-state index in [0.717, 1.165) is 5.39 Å². The molecule has 0 fully saturated rings. The molecular formula is C19H18FNO3. The van der Waals surface area contributed by atoms with Crippen LogP contribution in [0.25, 0.3) is 11.0 Å². The zero-order valence-electron chi connectivity index (χ0n) is 13.5. The van der Waals surface area contributed by atoms with Gasteiger partial charge in [-0.3, -0.25) is 4.79 Å². The zero-order chi connectivity index (χ0) is 17.1. The van der Waals surface area contributed by atoms with Gasteiger partial charge in [0.05, 0.1) is 12.6 Å². The summed E-state index contributed by atoms with van der Waals surface area (Å²) in [5, 5.41) is 3.72. The number of hydrogen-bond acceptors (Lipinski definition) is 3. The Balaban J connectivity index is 1.82. The van der Waals surface area contributed by atoms with Crippen LogP contribution in [-0.2, 0) is 0 Å². The van der Waals surface area contributed by atoms with Gasteiger partial charge in [0.1, 0.15) is 11.6 Å². The topological polar surface area (TPSA) is 51.5 Å². The van der Waals surface area contributed by atoms with Crippen molar-refractivity contribution in [1.82, 2.24) is 5.32 Å². The highest BCUT2D eigenvalue weighted by molar-refractivity contribution is 5.94. The van der Waals surface area contributed by atoms with E-state index >= 15 is 0 Å². The lowest BCUT2D eigenvalue weighted by Crippen LogP contribution is -2.26. The van der Waals surface area contributed by atoms with Crippen molar-refractivity contribution in [3.63, 3.8) is 0 Å². The van der Waals surface area contributed by atoms with Crippen LogP contribution in [0.15, 0.2) is 52.9 Å². The Morgan fingerprint density at radius 2 is 2.04 bits per heavy atom. The van der Waals surface area contributed by atoms with Gasteiger partial charge in [-0.2, -0.15) is 0 Å². The van der Waals surface area contributed by atoms with Crippen molar-refractivity contribution in [3.8, 4) is 5.75 Å². The maximum atomic E-state index is 13.2. The van der Waals surface area contributed by atoms with Crippen molar-refractivity contribution >= 4 is 16.9 Å². The van der Waals surface area contributed by atoms with E-state index in [-0.39, 0.29) is 17.5 Å². The maximum absolute atomic E-state index is 13.2. The second-order valence-electron chi connectivity index (χ2n) is 5.46. The van der Waals surface area contributed by atoms with Crippen LogP contribution in [0.1, 0.15) is 36.0 Å². The minimum Gasteiger partial charge on any atom is -0.490 e. The van der Waals surface area contributed by atoms with Crippen molar-refractivity contribution in [1.29, 1.82) is 0 Å². The molecule has 5 heteroatoms. The van der Waals surface area contributed by atoms with Crippen LogP contribution in [0.3, 0.4) is 0 Å². The predicted octanol–water partition coefficient (Wildman–Crippen LogP) is 4.46. The van der Waals surface area contributed by atoms with Gasteiger partial charge in [0.25, 0.3) is 5.91 Å². The fourth-order valence-electron chi connectivity index (χ4n) is 2.52. The van der Waals surface area contributed by atoms with Crippen LogP contribution in [-0.4, -0.2) is 12.5 Å². The van der Waals surface area contributed by atoms with E-state index in [1.165, 1.54) is 18.2 Å². The summed E-state index contributed by atoms with van der Waals surface area (Å²) in [6.07, 6.45) is 0. The molecule has 3 aromatic rings. The summed E-state index contributed by atoms with van der Waals surface area (Å²) in [7, 11) is 0. The first kappa shape index (κ1) is 16.1. The van der Waals surface area contributed by atoms with Gasteiger partial charge in [-0.25, -0.2) is 4.39 Å². The van der Waals surface area contributed by atoms with E-state index < -0.39 is 5.82 Å². The predicted molar refractivity (Wildman–Crippen MR) is 89.7 cm³/mol. The van der Waals surface area contributed by atoms with E-state index in [0.29, 0.717) is 23.7 Å². The molecule has 0 saturated carbocycles. The van der Waals surface area contributed by atoms with E-state index in [1.54, 1.807) is 6.07 Å². The summed E-state index contributed by atoms with van der Waals surface area (Å²) >= 11 is 0. The average Bonchev–Trinajstić information content (AvgIpc) is 3.00. The van der Waals surface area contributed by atoms with Crippen LogP contribution in [0.4, 0.5) is 4.39 Å². The fourth-order valence-corrected chi connectivity index (χ4v) is 2.52. The molecule has 1 aromatic heterocycles. The Kier molecular flexibility index (Phi) is 4.51. The lowest BCUT2D eigenvalue weighted by Gasteiger charge is -2.11. The number of carbonyl (C=O) groups is 1. The Morgan fingerprint density at radius 1 is 1.25 bits per heavy atom. The van der Waals surface area contributed by atoms with Crippen molar-refractivity contribution in [2.45, 2.75) is 19.9 Å². The summed E-state index contributed by atoms with van der Waals surface area (Å²) in [6, 6.07) is 12.7. The Hall–Kier alpha value is -2.82. The molecule has 0 saturated heterocycles. The number of para-hydroxylation sites is 1. The molecule has 2 aromatic carbocycles. The normalized spacial score (nSPS) is 12.1. The summed E-state index contributed by atoms with van der Waals surface area (Å²) in [6.45, 7) is 4.26. The minimum absolute atomic E-state index is 0.271. The third-order valence-corrected chi connectivity index (χ3v) is 3.69. The molecule has 1 N–H and O–H groups in total. The van der Waals surface area contributed by atoms with Gasteiger partial charge >= 0.3 is 0 Å². The Labute approximate surface area is 139 Å². The Morgan fingerprint density at radius 3 is 2.79 bits per heavy atom. The molecule has 124 valence electrons. The molecule has 3 rings (SSSR count). The highest BCUT2D eigenvalue weighted by Gasteiger charge is 2.17. The van der Waals surface area contributed by atoms with Crippen molar-refractivity contribution < 1.29 is 18.3 Å². The fraction of sp³-hybridized carbons (Fsp3) is 0.211. The highest BCUT2D eigenvalue weighted by Crippen LogP contribution is 2.31. The van der Waals surface area contributed by atoms with Gasteiger partial charge in [-0.15, -0.1) is 0 Å². The van der Waals surface area contributed by atoms with Gasteiger partial charge < -0.3 is 14.5 Å². The molecule has 0 bridgehead atoms. The number of rotatable bonds is 5. The molecule has 1 amide bonds. The number of ether oxygens (including phenoxy) is 1. The van der Waals surface area contributed by atoms with E-state index in [9.17, 15) is 9.18 Å². The first-order valence-electron chi connectivity index (χ1n) is 7.80. The smallest absolute Gasteiger partial charge is 0.251 e. The highest BCUT2D eigenvalue weighted by atomic mass is 19.1.